The number of piperidine rings is 1. The number of ether oxygens (including phenoxy) is 6. The van der Waals surface area contributed by atoms with Gasteiger partial charge in [0.1, 0.15) is 37.0 Å². The van der Waals surface area contributed by atoms with E-state index < -0.39 is 77.2 Å². The van der Waals surface area contributed by atoms with Crippen molar-refractivity contribution in [3.8, 4) is 22.6 Å². The van der Waals surface area contributed by atoms with E-state index in [9.17, 15) is 33.6 Å². The molecule has 2 N–H and O–H groups in total. The quantitative estimate of drug-likeness (QED) is 0.0372. The van der Waals surface area contributed by atoms with Crippen LogP contribution in [0, 0.1) is 5.41 Å². The third-order valence-electron chi connectivity index (χ3n) is 12.3. The molecule has 3 amide bonds. The minimum atomic E-state index is -1.43. The van der Waals surface area contributed by atoms with E-state index in [-0.39, 0.29) is 44.2 Å². The average Bonchev–Trinajstić information content (AvgIpc) is 3.68. The number of esters is 3. The van der Waals surface area contributed by atoms with Crippen molar-refractivity contribution in [3.63, 3.8) is 0 Å². The van der Waals surface area contributed by atoms with Crippen molar-refractivity contribution in [2.45, 2.75) is 103 Å². The Balaban J connectivity index is 1.22. The molecule has 1 aliphatic carbocycles. The molecule has 0 aromatic heterocycles. The number of fused-ring (bicyclic) bond motifs is 3. The summed E-state index contributed by atoms with van der Waals surface area (Å²) in [6, 6.07) is 25.2. The number of anilines is 1. The summed E-state index contributed by atoms with van der Waals surface area (Å²) < 4.78 is 33.6. The summed E-state index contributed by atoms with van der Waals surface area (Å²) in [6.07, 6.45) is 0.545. The molecule has 0 radical (unpaired) electrons. The summed E-state index contributed by atoms with van der Waals surface area (Å²) in [4.78, 5) is 95.6. The van der Waals surface area contributed by atoms with Crippen LogP contribution in [0.25, 0.3) is 11.1 Å². The number of aryl methyl sites for hydroxylation is 1. The van der Waals surface area contributed by atoms with Gasteiger partial charge in [-0.1, -0.05) is 73.3 Å². The smallest absolute Gasteiger partial charge is 0.407 e. The van der Waals surface area contributed by atoms with Crippen LogP contribution in [0.15, 0.2) is 104 Å². The molecule has 16 nitrogen and oxygen atoms in total. The van der Waals surface area contributed by atoms with Gasteiger partial charge >= 0.3 is 24.0 Å². The number of alkyl carbamates (subject to hydrolysis) is 1. The summed E-state index contributed by atoms with van der Waals surface area (Å²) >= 11 is 0. The van der Waals surface area contributed by atoms with Crippen LogP contribution in [0.4, 0.5) is 10.5 Å². The highest BCUT2D eigenvalue weighted by molar-refractivity contribution is 6.38. The van der Waals surface area contributed by atoms with E-state index in [1.54, 1.807) is 51.1 Å². The maximum Gasteiger partial charge on any atom is 0.407 e. The highest BCUT2D eigenvalue weighted by Gasteiger charge is 2.43. The van der Waals surface area contributed by atoms with Crippen molar-refractivity contribution in [2.75, 3.05) is 39.3 Å². The first-order chi connectivity index (χ1) is 33.8. The number of rotatable bonds is 20. The van der Waals surface area contributed by atoms with Crippen molar-refractivity contribution >= 4 is 47.3 Å². The minimum Gasteiger partial charge on any atom is -0.493 e. The maximum atomic E-state index is 14.3. The highest BCUT2D eigenvalue weighted by atomic mass is 16.6. The second-order valence-electron chi connectivity index (χ2n) is 19.1. The number of benzene rings is 4. The van der Waals surface area contributed by atoms with E-state index in [0.29, 0.717) is 36.3 Å². The van der Waals surface area contributed by atoms with Crippen LogP contribution in [0.3, 0.4) is 0 Å². The SMILES string of the molecule is C=CC(=O)OCC(C)(C)C(=O)C(=O)N1CCCC[C@H]1C(=O)OC(CCc1ccc(OC)c(OC)c1)c1cccc(NC(=O)C(CC(=O)OC(C)(C)C)NC(=O)OCC2c3ccccc3-c3ccccc32)c1. The summed E-state index contributed by atoms with van der Waals surface area (Å²) in [6.45, 7) is 11.1. The molecule has 71 heavy (non-hydrogen) atoms. The Labute approximate surface area is 414 Å². The van der Waals surface area contributed by atoms with Gasteiger partial charge in [0.25, 0.3) is 5.91 Å². The number of nitrogens with zero attached hydrogens (tertiary/aromatic N) is 1. The fraction of sp³-hybridized carbons (Fsp3) is 0.400. The number of hydrogen-bond donors (Lipinski definition) is 2. The van der Waals surface area contributed by atoms with Gasteiger partial charge in [-0.15, -0.1) is 0 Å². The first-order valence-electron chi connectivity index (χ1n) is 23.6. The van der Waals surface area contributed by atoms with E-state index in [2.05, 4.69) is 17.2 Å². The summed E-state index contributed by atoms with van der Waals surface area (Å²) in [7, 11) is 3.05. The highest BCUT2D eigenvalue weighted by Crippen LogP contribution is 2.44. The molecule has 1 aliphatic heterocycles. The number of amides is 3. The lowest BCUT2D eigenvalue weighted by molar-refractivity contribution is -0.165. The number of carbonyl (C=O) groups excluding carboxylic acids is 7. The van der Waals surface area contributed by atoms with Gasteiger partial charge in [0.15, 0.2) is 11.5 Å². The van der Waals surface area contributed by atoms with Crippen molar-refractivity contribution in [1.29, 1.82) is 0 Å². The Bertz CT molecular complexity index is 2590. The van der Waals surface area contributed by atoms with Gasteiger partial charge in [0.05, 0.1) is 26.1 Å². The zero-order chi connectivity index (χ0) is 51.5. The van der Waals surface area contributed by atoms with Crippen LogP contribution in [0.2, 0.25) is 0 Å². The molecule has 0 saturated carbocycles. The number of Topliss-reactive ketones (excluding diaryl/α,β-unsaturated/α-hetero) is 1. The molecular weight excluding hydrogens is 911 g/mol. The van der Waals surface area contributed by atoms with Crippen molar-refractivity contribution in [1.82, 2.24) is 10.2 Å². The fourth-order valence-electron chi connectivity index (χ4n) is 8.65. The molecule has 1 heterocycles. The Kier molecular flexibility index (Phi) is 17.4. The molecular formula is C55H63N3O13. The monoisotopic (exact) mass is 973 g/mol. The zero-order valence-corrected chi connectivity index (χ0v) is 41.4. The predicted octanol–water partition coefficient (Wildman–Crippen LogP) is 8.20. The molecule has 4 aromatic rings. The molecule has 3 atom stereocenters. The van der Waals surface area contributed by atoms with E-state index in [1.165, 1.54) is 33.0 Å². The van der Waals surface area contributed by atoms with Gasteiger partial charge in [-0.3, -0.25) is 19.2 Å². The molecule has 1 saturated heterocycles. The number of ketones is 1. The molecule has 1 fully saturated rings. The van der Waals surface area contributed by atoms with E-state index in [0.717, 1.165) is 33.9 Å². The average molecular weight is 974 g/mol. The lowest BCUT2D eigenvalue weighted by Gasteiger charge is -2.36. The number of carbonyl (C=O) groups is 7. The first-order valence-corrected chi connectivity index (χ1v) is 23.6. The molecule has 0 bridgehead atoms. The molecule has 6 rings (SSSR count). The Hall–Kier alpha value is -7.49. The second kappa shape index (κ2) is 23.4. The van der Waals surface area contributed by atoms with Gasteiger partial charge in [-0.2, -0.15) is 0 Å². The largest absolute Gasteiger partial charge is 0.493 e. The van der Waals surface area contributed by atoms with E-state index in [4.69, 9.17) is 28.4 Å². The lowest BCUT2D eigenvalue weighted by atomic mass is 9.87. The van der Waals surface area contributed by atoms with Crippen LogP contribution in [0.5, 0.6) is 11.5 Å². The molecule has 4 aromatic carbocycles. The van der Waals surface area contributed by atoms with Crippen LogP contribution < -0.4 is 20.1 Å². The van der Waals surface area contributed by atoms with E-state index in [1.807, 2.05) is 60.7 Å². The molecule has 0 spiro atoms. The normalized spacial score (nSPS) is 15.1. The van der Waals surface area contributed by atoms with Crippen molar-refractivity contribution < 1.29 is 62.0 Å². The zero-order valence-electron chi connectivity index (χ0n) is 41.4. The number of methoxy groups -OCH3 is 2. The van der Waals surface area contributed by atoms with Crippen molar-refractivity contribution in [3.05, 3.63) is 126 Å². The van der Waals surface area contributed by atoms with Crippen LogP contribution in [0.1, 0.15) is 101 Å². The standard InChI is InChI=1S/C55H63N3O13/c1-9-47(59)69-33-55(5,6)49(61)51(63)58-28-15-14-23-43(58)52(64)70-44(26-24-34-25-27-45(66-7)46(29-34)67-8)35-17-16-18-36(30-35)56-50(62)42(31-48(60)71-54(2,3)4)57-53(65)68-32-41-39-21-12-10-19-37(39)38-20-11-13-22-40(38)41/h9-13,16-22,25,27,29-30,41-44H,1,14-15,23-24,26,28,31-33H2,2-8H3,(H,56,62)(H,57,65)/t42?,43-,44?/m0/s1. The summed E-state index contributed by atoms with van der Waals surface area (Å²) in [5.74, 6) is -3.92. The topological polar surface area (TPSA) is 202 Å². The Morgan fingerprint density at radius 3 is 2.13 bits per heavy atom. The lowest BCUT2D eigenvalue weighted by Crippen LogP contribution is -2.53. The van der Waals surface area contributed by atoms with Gasteiger partial charge < -0.3 is 44.0 Å². The summed E-state index contributed by atoms with van der Waals surface area (Å²) in [5, 5.41) is 5.39. The first kappa shape index (κ1) is 52.9. The number of likely N-dealkylation sites (tertiary alicyclic amines) is 1. The Morgan fingerprint density at radius 2 is 1.48 bits per heavy atom. The molecule has 2 aliphatic rings. The predicted molar refractivity (Wildman–Crippen MR) is 264 cm³/mol. The van der Waals surface area contributed by atoms with Crippen molar-refractivity contribution in [2.24, 2.45) is 5.41 Å². The van der Waals surface area contributed by atoms with Gasteiger partial charge in [0, 0.05) is 24.2 Å². The molecule has 376 valence electrons. The van der Waals surface area contributed by atoms with Gasteiger partial charge in [-0.05, 0) is 124 Å². The third-order valence-corrected chi connectivity index (χ3v) is 12.3. The number of hydrogen-bond acceptors (Lipinski definition) is 13. The summed E-state index contributed by atoms with van der Waals surface area (Å²) in [5.41, 5.74) is 3.37. The van der Waals surface area contributed by atoms with Crippen LogP contribution >= 0.6 is 0 Å². The van der Waals surface area contributed by atoms with Gasteiger partial charge in [-0.25, -0.2) is 14.4 Å². The molecule has 2 unspecified atom stereocenters. The Morgan fingerprint density at radius 1 is 0.803 bits per heavy atom. The second-order valence-corrected chi connectivity index (χ2v) is 19.1. The van der Waals surface area contributed by atoms with Crippen LogP contribution in [-0.4, -0.2) is 98.2 Å². The maximum absolute atomic E-state index is 14.3. The van der Waals surface area contributed by atoms with Crippen LogP contribution in [-0.2, 0) is 54.1 Å². The molecule has 16 heteroatoms. The fourth-order valence-corrected chi connectivity index (χ4v) is 8.65. The van der Waals surface area contributed by atoms with E-state index >= 15 is 0 Å². The minimum absolute atomic E-state index is 0.0274. The van der Waals surface area contributed by atoms with Gasteiger partial charge in [0.2, 0.25) is 11.7 Å². The number of nitrogens with one attached hydrogen (secondary N) is 2. The third kappa shape index (κ3) is 13.6.